The number of H-pyrrole nitrogens is 1. The molecular weight excluding hydrogens is 342 g/mol. The number of ether oxygens (including phenoxy) is 2. The highest BCUT2D eigenvalue weighted by atomic mass is 16.5. The maximum atomic E-state index is 13.0. The molecule has 140 valence electrons. The Bertz CT molecular complexity index is 927. The first-order chi connectivity index (χ1) is 13.2. The quantitative estimate of drug-likeness (QED) is 0.784. The Morgan fingerprint density at radius 3 is 3.04 bits per heavy atom. The number of nitrogens with one attached hydrogen (secondary N) is 2. The number of carbonyl (C=O) groups is 1. The van der Waals surface area contributed by atoms with Crippen LogP contribution in [0.3, 0.4) is 0 Å². The lowest BCUT2D eigenvalue weighted by molar-refractivity contribution is -0.138. The van der Waals surface area contributed by atoms with Crippen LogP contribution in [0.15, 0.2) is 41.7 Å². The molecular formula is C21H23N3O3. The van der Waals surface area contributed by atoms with Gasteiger partial charge in [0.15, 0.2) is 5.82 Å². The minimum absolute atomic E-state index is 0.290. The lowest BCUT2D eigenvalue weighted by atomic mass is 9.80. The fourth-order valence-electron chi connectivity index (χ4n) is 3.78. The maximum Gasteiger partial charge on any atom is 0.336 e. The molecule has 0 saturated carbocycles. The van der Waals surface area contributed by atoms with Crippen molar-refractivity contribution in [1.82, 2.24) is 10.2 Å². The van der Waals surface area contributed by atoms with Gasteiger partial charge in [-0.15, -0.1) is 0 Å². The number of esters is 1. The Labute approximate surface area is 158 Å². The highest BCUT2D eigenvalue weighted by Gasteiger charge is 2.37. The molecule has 0 amide bonds. The summed E-state index contributed by atoms with van der Waals surface area (Å²) in [6.45, 7) is 4.77. The minimum Gasteiger partial charge on any atom is -0.489 e. The second kappa shape index (κ2) is 7.31. The molecule has 27 heavy (non-hydrogen) atoms. The van der Waals surface area contributed by atoms with E-state index in [1.165, 1.54) is 0 Å². The molecule has 1 aromatic carbocycles. The van der Waals surface area contributed by atoms with Crippen LogP contribution >= 0.6 is 0 Å². The van der Waals surface area contributed by atoms with Crippen molar-refractivity contribution in [3.05, 3.63) is 58.4 Å². The average Bonchev–Trinajstić information content (AvgIpc) is 3.15. The van der Waals surface area contributed by atoms with Crippen LogP contribution in [0.25, 0.3) is 6.08 Å². The second-order valence-corrected chi connectivity index (χ2v) is 6.59. The molecule has 0 aliphatic carbocycles. The van der Waals surface area contributed by atoms with E-state index in [1.807, 2.05) is 37.4 Å². The van der Waals surface area contributed by atoms with Gasteiger partial charge in [-0.25, -0.2) is 4.79 Å². The number of hydrogen-bond acceptors (Lipinski definition) is 5. The molecule has 2 aliphatic heterocycles. The fourth-order valence-corrected chi connectivity index (χ4v) is 3.78. The van der Waals surface area contributed by atoms with Crippen LogP contribution in [0.1, 0.15) is 49.3 Å². The summed E-state index contributed by atoms with van der Waals surface area (Å²) in [6.07, 6.45) is 7.53. The standard InChI is InChI=1S/C21H23N3O3/c1-3-7-16-18(21(25)26-4-2)17(15-12-22-24-20(15)23-16)14-10-5-8-13-9-6-11-27-19(13)14/h5-6,8-10,12,17H,3-4,7,11H2,1-2H3,(H2,22,23,24). The third kappa shape index (κ3) is 3.01. The van der Waals surface area contributed by atoms with Crippen molar-refractivity contribution < 1.29 is 14.3 Å². The number of allylic oxidation sites excluding steroid dienone is 1. The summed E-state index contributed by atoms with van der Waals surface area (Å²) in [5.41, 5.74) is 4.40. The zero-order valence-corrected chi connectivity index (χ0v) is 15.5. The number of anilines is 1. The van der Waals surface area contributed by atoms with Crippen molar-refractivity contribution >= 4 is 17.9 Å². The van der Waals surface area contributed by atoms with E-state index in [2.05, 4.69) is 28.5 Å². The first-order valence-corrected chi connectivity index (χ1v) is 9.37. The number of para-hydroxylation sites is 1. The van der Waals surface area contributed by atoms with Gasteiger partial charge >= 0.3 is 5.97 Å². The number of fused-ring (bicyclic) bond motifs is 2. The number of nitrogens with zero attached hydrogens (tertiary/aromatic N) is 1. The largest absolute Gasteiger partial charge is 0.489 e. The average molecular weight is 365 g/mol. The van der Waals surface area contributed by atoms with Crippen LogP contribution in [0.4, 0.5) is 5.82 Å². The monoisotopic (exact) mass is 365 g/mol. The SMILES string of the molecule is CCCC1=C(C(=O)OCC)C(c2cccc3c2OCC=C3)c2c[nH]nc2N1. The van der Waals surface area contributed by atoms with E-state index in [1.54, 1.807) is 0 Å². The predicted molar refractivity (Wildman–Crippen MR) is 104 cm³/mol. The van der Waals surface area contributed by atoms with Gasteiger partial charge in [0.05, 0.1) is 18.1 Å². The van der Waals surface area contributed by atoms with Crippen LogP contribution < -0.4 is 10.1 Å². The van der Waals surface area contributed by atoms with Gasteiger partial charge in [-0.05, 0) is 19.4 Å². The van der Waals surface area contributed by atoms with E-state index in [0.29, 0.717) is 18.8 Å². The third-order valence-electron chi connectivity index (χ3n) is 4.87. The molecule has 6 nitrogen and oxygen atoms in total. The van der Waals surface area contributed by atoms with Gasteiger partial charge in [0.2, 0.25) is 0 Å². The molecule has 1 atom stereocenters. The molecule has 2 N–H and O–H groups in total. The molecule has 6 heteroatoms. The highest BCUT2D eigenvalue weighted by molar-refractivity contribution is 5.95. The van der Waals surface area contributed by atoms with Crippen LogP contribution in [0.5, 0.6) is 5.75 Å². The summed E-state index contributed by atoms with van der Waals surface area (Å²) in [5.74, 6) is 0.980. The summed E-state index contributed by atoms with van der Waals surface area (Å²) in [6, 6.07) is 6.04. The Balaban J connectivity index is 1.93. The second-order valence-electron chi connectivity index (χ2n) is 6.59. The zero-order chi connectivity index (χ0) is 18.8. The molecule has 1 unspecified atom stereocenters. The van der Waals surface area contributed by atoms with Crippen molar-refractivity contribution in [2.75, 3.05) is 18.5 Å². The molecule has 0 bridgehead atoms. The predicted octanol–water partition coefficient (Wildman–Crippen LogP) is 3.99. The van der Waals surface area contributed by atoms with E-state index < -0.39 is 0 Å². The van der Waals surface area contributed by atoms with Gasteiger partial charge in [0, 0.05) is 28.6 Å². The summed E-state index contributed by atoms with van der Waals surface area (Å²) >= 11 is 0. The number of aromatic amines is 1. The molecule has 0 radical (unpaired) electrons. The van der Waals surface area contributed by atoms with Crippen molar-refractivity contribution in [2.45, 2.75) is 32.6 Å². The number of hydrogen-bond donors (Lipinski definition) is 2. The Hall–Kier alpha value is -3.02. The van der Waals surface area contributed by atoms with E-state index >= 15 is 0 Å². The van der Waals surface area contributed by atoms with E-state index in [9.17, 15) is 4.79 Å². The number of carbonyl (C=O) groups excluding carboxylic acids is 1. The molecule has 0 fully saturated rings. The zero-order valence-electron chi connectivity index (χ0n) is 15.5. The molecule has 1 aromatic heterocycles. The summed E-state index contributed by atoms with van der Waals surface area (Å²) in [7, 11) is 0. The number of aromatic nitrogens is 2. The van der Waals surface area contributed by atoms with Gasteiger partial charge in [0.1, 0.15) is 12.4 Å². The Morgan fingerprint density at radius 1 is 1.33 bits per heavy atom. The molecule has 3 heterocycles. The lowest BCUT2D eigenvalue weighted by Crippen LogP contribution is -2.25. The van der Waals surface area contributed by atoms with Crippen molar-refractivity contribution in [3.63, 3.8) is 0 Å². The molecule has 2 aliphatic rings. The van der Waals surface area contributed by atoms with Gasteiger partial charge in [-0.3, -0.25) is 5.10 Å². The number of benzene rings is 1. The maximum absolute atomic E-state index is 13.0. The first kappa shape index (κ1) is 17.4. The Kier molecular flexibility index (Phi) is 4.71. The van der Waals surface area contributed by atoms with Crippen molar-refractivity contribution in [1.29, 1.82) is 0 Å². The summed E-state index contributed by atoms with van der Waals surface area (Å²) in [4.78, 5) is 13.0. The van der Waals surface area contributed by atoms with E-state index in [0.717, 1.165) is 46.8 Å². The number of rotatable bonds is 5. The topological polar surface area (TPSA) is 76.2 Å². The van der Waals surface area contributed by atoms with Gasteiger partial charge in [-0.2, -0.15) is 5.10 Å². The molecule has 4 rings (SSSR count). The summed E-state index contributed by atoms with van der Waals surface area (Å²) < 4.78 is 11.4. The van der Waals surface area contributed by atoms with Crippen molar-refractivity contribution in [2.24, 2.45) is 0 Å². The van der Waals surface area contributed by atoms with Gasteiger partial charge in [0.25, 0.3) is 0 Å². The van der Waals surface area contributed by atoms with E-state index in [4.69, 9.17) is 9.47 Å². The van der Waals surface area contributed by atoms with Crippen LogP contribution in [0, 0.1) is 0 Å². The van der Waals surface area contributed by atoms with Gasteiger partial charge in [-0.1, -0.05) is 37.6 Å². The summed E-state index contributed by atoms with van der Waals surface area (Å²) in [5, 5.41) is 10.6. The Morgan fingerprint density at radius 2 is 2.22 bits per heavy atom. The third-order valence-corrected chi connectivity index (χ3v) is 4.87. The highest BCUT2D eigenvalue weighted by Crippen LogP contribution is 2.46. The normalized spacial score (nSPS) is 17.6. The van der Waals surface area contributed by atoms with Crippen LogP contribution in [-0.4, -0.2) is 29.4 Å². The lowest BCUT2D eigenvalue weighted by Gasteiger charge is -2.30. The fraction of sp³-hybridized carbons (Fsp3) is 0.333. The van der Waals surface area contributed by atoms with Crippen molar-refractivity contribution in [3.8, 4) is 5.75 Å². The van der Waals surface area contributed by atoms with Gasteiger partial charge < -0.3 is 14.8 Å². The van der Waals surface area contributed by atoms with Crippen LogP contribution in [-0.2, 0) is 9.53 Å². The van der Waals surface area contributed by atoms with Crippen LogP contribution in [0.2, 0.25) is 0 Å². The molecule has 0 spiro atoms. The molecule has 0 saturated heterocycles. The van der Waals surface area contributed by atoms with E-state index in [-0.39, 0.29) is 11.9 Å². The molecule has 2 aromatic rings. The smallest absolute Gasteiger partial charge is 0.336 e. The minimum atomic E-state index is -0.297. The first-order valence-electron chi connectivity index (χ1n) is 9.37.